The van der Waals surface area contributed by atoms with Crippen molar-refractivity contribution in [2.75, 3.05) is 13.7 Å². The Bertz CT molecular complexity index is 138. The summed E-state index contributed by atoms with van der Waals surface area (Å²) in [6.07, 6.45) is 2.03. The highest BCUT2D eigenvalue weighted by atomic mass is 35.5. The van der Waals surface area contributed by atoms with Crippen LogP contribution in [0.15, 0.2) is 0 Å². The fraction of sp³-hybridized carbons (Fsp3) is 0.857. The van der Waals surface area contributed by atoms with Gasteiger partial charge in [0.15, 0.2) is 0 Å². The maximum Gasteiger partial charge on any atom is 0.308 e. The van der Waals surface area contributed by atoms with E-state index < -0.39 is 0 Å². The molecule has 0 spiro atoms. The molecule has 0 aromatic carbocycles. The van der Waals surface area contributed by atoms with Gasteiger partial charge < -0.3 is 10.5 Å². The highest BCUT2D eigenvalue weighted by Gasteiger charge is 2.35. The Morgan fingerprint density at radius 2 is 2.27 bits per heavy atom. The lowest BCUT2D eigenvalue weighted by Gasteiger charge is -2.32. The van der Waals surface area contributed by atoms with Gasteiger partial charge in [0.25, 0.3) is 0 Å². The molecule has 0 aliphatic heterocycles. The van der Waals surface area contributed by atoms with E-state index in [1.807, 2.05) is 0 Å². The second-order valence-electron chi connectivity index (χ2n) is 2.70. The number of hydrogen-bond donors (Lipinski definition) is 1. The van der Waals surface area contributed by atoms with Crippen LogP contribution >= 0.6 is 12.4 Å². The molecule has 1 aliphatic rings. The van der Waals surface area contributed by atoms with Crippen LogP contribution in [0.3, 0.4) is 0 Å². The topological polar surface area (TPSA) is 52.3 Å². The van der Waals surface area contributed by atoms with Gasteiger partial charge >= 0.3 is 5.97 Å². The van der Waals surface area contributed by atoms with E-state index in [9.17, 15) is 4.79 Å². The zero-order valence-corrected chi connectivity index (χ0v) is 7.39. The molecule has 0 radical (unpaired) electrons. The third kappa shape index (κ3) is 2.07. The summed E-state index contributed by atoms with van der Waals surface area (Å²) in [5.74, 6) is 0.379. The number of hydrogen-bond acceptors (Lipinski definition) is 3. The number of carbonyl (C=O) groups is 1. The summed E-state index contributed by atoms with van der Waals surface area (Å²) in [6, 6.07) is 0. The quantitative estimate of drug-likeness (QED) is 0.631. The average molecular weight is 180 g/mol. The van der Waals surface area contributed by atoms with E-state index in [4.69, 9.17) is 5.73 Å². The van der Waals surface area contributed by atoms with E-state index in [1.54, 1.807) is 0 Å². The number of rotatable bonds is 2. The molecular formula is C7H14ClNO2. The number of ether oxygens (including phenoxy) is 1. The molecule has 2 atom stereocenters. The van der Waals surface area contributed by atoms with Gasteiger partial charge in [-0.1, -0.05) is 0 Å². The van der Waals surface area contributed by atoms with E-state index in [2.05, 4.69) is 4.74 Å². The van der Waals surface area contributed by atoms with E-state index in [-0.39, 0.29) is 24.3 Å². The van der Waals surface area contributed by atoms with Gasteiger partial charge in [-0.15, -0.1) is 12.4 Å². The Hall–Kier alpha value is -0.280. The fourth-order valence-electron chi connectivity index (χ4n) is 1.31. The molecule has 1 saturated carbocycles. The molecule has 1 aliphatic carbocycles. The highest BCUT2D eigenvalue weighted by Crippen LogP contribution is 2.33. The molecule has 0 heterocycles. The van der Waals surface area contributed by atoms with Gasteiger partial charge in [0.1, 0.15) is 0 Å². The van der Waals surface area contributed by atoms with Crippen LogP contribution in [0.4, 0.5) is 0 Å². The van der Waals surface area contributed by atoms with Crippen LogP contribution in [-0.4, -0.2) is 19.6 Å². The summed E-state index contributed by atoms with van der Waals surface area (Å²) >= 11 is 0. The van der Waals surface area contributed by atoms with Crippen molar-refractivity contribution in [1.82, 2.24) is 0 Å². The molecule has 3 nitrogen and oxygen atoms in total. The summed E-state index contributed by atoms with van der Waals surface area (Å²) in [5.41, 5.74) is 5.41. The molecule has 2 N–H and O–H groups in total. The molecule has 1 rings (SSSR count). The van der Waals surface area contributed by atoms with Gasteiger partial charge in [-0.2, -0.15) is 0 Å². The molecule has 0 bridgehead atoms. The van der Waals surface area contributed by atoms with E-state index in [1.165, 1.54) is 7.11 Å². The number of halogens is 1. The van der Waals surface area contributed by atoms with Crippen LogP contribution in [-0.2, 0) is 9.53 Å². The Labute approximate surface area is 72.7 Å². The molecule has 0 aromatic rings. The minimum Gasteiger partial charge on any atom is -0.469 e. The summed E-state index contributed by atoms with van der Waals surface area (Å²) < 4.78 is 4.59. The van der Waals surface area contributed by atoms with Crippen molar-refractivity contribution in [3.05, 3.63) is 0 Å². The average Bonchev–Trinajstić information content (AvgIpc) is 1.86. The fourth-order valence-corrected chi connectivity index (χ4v) is 1.31. The number of carbonyl (C=O) groups excluding carboxylic acids is 1. The SMILES string of the molecule is COC(=O)C1CCC1CN.Cl. The summed E-state index contributed by atoms with van der Waals surface area (Å²) in [6.45, 7) is 0.611. The Kier molecular flexibility index (Phi) is 4.45. The van der Waals surface area contributed by atoms with Crippen LogP contribution in [0.5, 0.6) is 0 Å². The van der Waals surface area contributed by atoms with Gasteiger partial charge in [-0.3, -0.25) is 4.79 Å². The molecule has 1 fully saturated rings. The van der Waals surface area contributed by atoms with Gasteiger partial charge in [0.05, 0.1) is 13.0 Å². The lowest BCUT2D eigenvalue weighted by molar-refractivity contribution is -0.151. The van der Waals surface area contributed by atoms with Crippen LogP contribution in [0.25, 0.3) is 0 Å². The molecule has 2 unspecified atom stereocenters. The number of esters is 1. The minimum absolute atomic E-state index is 0. The normalized spacial score (nSPS) is 28.2. The third-order valence-electron chi connectivity index (χ3n) is 2.22. The Morgan fingerprint density at radius 1 is 1.64 bits per heavy atom. The Morgan fingerprint density at radius 3 is 2.55 bits per heavy atom. The van der Waals surface area contributed by atoms with E-state index in [0.29, 0.717) is 12.5 Å². The Balaban J connectivity index is 0.000001000. The summed E-state index contributed by atoms with van der Waals surface area (Å²) in [5, 5.41) is 0. The summed E-state index contributed by atoms with van der Waals surface area (Å²) in [7, 11) is 1.42. The molecular weight excluding hydrogens is 166 g/mol. The first-order valence-corrected chi connectivity index (χ1v) is 3.57. The second kappa shape index (κ2) is 4.57. The van der Waals surface area contributed by atoms with Crippen molar-refractivity contribution in [3.8, 4) is 0 Å². The van der Waals surface area contributed by atoms with Crippen molar-refractivity contribution in [3.63, 3.8) is 0 Å². The third-order valence-corrected chi connectivity index (χ3v) is 2.22. The van der Waals surface area contributed by atoms with Crippen molar-refractivity contribution in [1.29, 1.82) is 0 Å². The predicted octanol–water partition coefficient (Wildman–Crippen LogP) is 0.566. The van der Waals surface area contributed by atoms with Gasteiger partial charge in [-0.05, 0) is 25.3 Å². The predicted molar refractivity (Wildman–Crippen MR) is 44.5 cm³/mol. The first-order chi connectivity index (χ1) is 4.79. The van der Waals surface area contributed by atoms with Crippen molar-refractivity contribution in [2.24, 2.45) is 17.6 Å². The largest absolute Gasteiger partial charge is 0.469 e. The van der Waals surface area contributed by atoms with Crippen LogP contribution in [0.1, 0.15) is 12.8 Å². The van der Waals surface area contributed by atoms with Crippen molar-refractivity contribution < 1.29 is 9.53 Å². The summed E-state index contributed by atoms with van der Waals surface area (Å²) in [4.78, 5) is 10.9. The molecule has 0 amide bonds. The lowest BCUT2D eigenvalue weighted by atomic mass is 9.74. The van der Waals surface area contributed by atoms with E-state index >= 15 is 0 Å². The van der Waals surface area contributed by atoms with Crippen molar-refractivity contribution in [2.45, 2.75) is 12.8 Å². The zero-order chi connectivity index (χ0) is 7.56. The molecule has 66 valence electrons. The zero-order valence-electron chi connectivity index (χ0n) is 6.58. The monoisotopic (exact) mass is 179 g/mol. The highest BCUT2D eigenvalue weighted by molar-refractivity contribution is 5.85. The van der Waals surface area contributed by atoms with Gasteiger partial charge in [0.2, 0.25) is 0 Å². The van der Waals surface area contributed by atoms with Crippen LogP contribution in [0.2, 0.25) is 0 Å². The maximum atomic E-state index is 10.9. The molecule has 11 heavy (non-hydrogen) atoms. The molecule has 4 heteroatoms. The van der Waals surface area contributed by atoms with Crippen LogP contribution in [0, 0.1) is 11.8 Å². The molecule has 0 aromatic heterocycles. The van der Waals surface area contributed by atoms with Crippen molar-refractivity contribution >= 4 is 18.4 Å². The molecule has 0 saturated heterocycles. The lowest BCUT2D eigenvalue weighted by Crippen LogP contribution is -2.38. The van der Waals surface area contributed by atoms with Gasteiger partial charge in [-0.25, -0.2) is 0 Å². The standard InChI is InChI=1S/C7H13NO2.ClH/c1-10-7(9)6-3-2-5(6)4-8;/h5-6H,2-4,8H2,1H3;1H. The smallest absolute Gasteiger partial charge is 0.308 e. The van der Waals surface area contributed by atoms with E-state index in [0.717, 1.165) is 12.8 Å². The second-order valence-corrected chi connectivity index (χ2v) is 2.70. The first-order valence-electron chi connectivity index (χ1n) is 3.57. The van der Waals surface area contributed by atoms with Gasteiger partial charge in [0, 0.05) is 0 Å². The minimum atomic E-state index is -0.0956. The number of nitrogens with two attached hydrogens (primary N) is 1. The maximum absolute atomic E-state index is 10.9. The number of methoxy groups -OCH3 is 1. The first kappa shape index (κ1) is 10.7. The van der Waals surface area contributed by atoms with Crippen LogP contribution < -0.4 is 5.73 Å².